The molecule has 2 nitrogen and oxygen atoms in total. The van der Waals surface area contributed by atoms with Crippen LogP contribution in [0.5, 0.6) is 0 Å². The van der Waals surface area contributed by atoms with E-state index in [1.165, 1.54) is 32.4 Å². The van der Waals surface area contributed by atoms with Crippen LogP contribution in [0.15, 0.2) is 0 Å². The van der Waals surface area contributed by atoms with Crippen LogP contribution in [0.4, 0.5) is 0 Å². The zero-order valence-corrected chi connectivity index (χ0v) is 11.3. The fourth-order valence-electron chi connectivity index (χ4n) is 2.70. The molecule has 1 rings (SSSR count). The summed E-state index contributed by atoms with van der Waals surface area (Å²) < 4.78 is 0. The molecule has 0 saturated carbocycles. The standard InChI is InChI=1S/C14H29NO/c1-4-14(5-2,12-16)11-15-9-6-7-13(3)8-10-15/h13,16H,4-12H2,1-3H3. The van der Waals surface area contributed by atoms with Crippen molar-refractivity contribution in [2.45, 2.75) is 52.9 Å². The van der Waals surface area contributed by atoms with E-state index in [1.54, 1.807) is 0 Å². The third kappa shape index (κ3) is 3.74. The SMILES string of the molecule is CCC(CC)(CO)CN1CCCC(C)CC1. The van der Waals surface area contributed by atoms with Gasteiger partial charge in [-0.25, -0.2) is 0 Å². The van der Waals surface area contributed by atoms with E-state index in [4.69, 9.17) is 0 Å². The Morgan fingerprint density at radius 1 is 1.19 bits per heavy atom. The Balaban J connectivity index is 2.50. The van der Waals surface area contributed by atoms with E-state index in [2.05, 4.69) is 25.7 Å². The number of rotatable bonds is 5. The van der Waals surface area contributed by atoms with Gasteiger partial charge in [0.25, 0.3) is 0 Å². The molecular weight excluding hydrogens is 198 g/mol. The largest absolute Gasteiger partial charge is 0.396 e. The van der Waals surface area contributed by atoms with Gasteiger partial charge in [0.05, 0.1) is 0 Å². The molecule has 0 amide bonds. The number of hydrogen-bond acceptors (Lipinski definition) is 2. The van der Waals surface area contributed by atoms with Crippen LogP contribution in [-0.4, -0.2) is 36.2 Å². The van der Waals surface area contributed by atoms with E-state index in [0.29, 0.717) is 6.61 Å². The topological polar surface area (TPSA) is 23.5 Å². The van der Waals surface area contributed by atoms with E-state index in [9.17, 15) is 5.11 Å². The van der Waals surface area contributed by atoms with Crippen LogP contribution in [0.25, 0.3) is 0 Å². The molecule has 1 fully saturated rings. The van der Waals surface area contributed by atoms with Gasteiger partial charge in [-0.2, -0.15) is 0 Å². The summed E-state index contributed by atoms with van der Waals surface area (Å²) in [5, 5.41) is 9.60. The second-order valence-electron chi connectivity index (χ2n) is 5.68. The van der Waals surface area contributed by atoms with Crippen molar-refractivity contribution in [3.8, 4) is 0 Å². The van der Waals surface area contributed by atoms with Crippen LogP contribution in [0.1, 0.15) is 52.9 Å². The summed E-state index contributed by atoms with van der Waals surface area (Å²) in [6.45, 7) is 10.7. The van der Waals surface area contributed by atoms with Crippen LogP contribution < -0.4 is 0 Å². The number of aliphatic hydroxyl groups is 1. The molecule has 0 aromatic heterocycles. The molecule has 0 radical (unpaired) electrons. The molecule has 0 aromatic carbocycles. The number of hydrogen-bond donors (Lipinski definition) is 1. The van der Waals surface area contributed by atoms with Crippen molar-refractivity contribution in [3.63, 3.8) is 0 Å². The highest BCUT2D eigenvalue weighted by Crippen LogP contribution is 2.28. The minimum atomic E-state index is 0.146. The Labute approximate surface area is 101 Å². The van der Waals surface area contributed by atoms with Crippen LogP contribution in [0, 0.1) is 11.3 Å². The molecule has 1 aliphatic rings. The monoisotopic (exact) mass is 227 g/mol. The first kappa shape index (κ1) is 14.0. The lowest BCUT2D eigenvalue weighted by Gasteiger charge is -2.35. The maximum absolute atomic E-state index is 9.60. The van der Waals surface area contributed by atoms with E-state index in [0.717, 1.165) is 25.3 Å². The molecule has 1 unspecified atom stereocenters. The maximum atomic E-state index is 9.60. The van der Waals surface area contributed by atoms with Crippen molar-refractivity contribution in [1.29, 1.82) is 0 Å². The van der Waals surface area contributed by atoms with Crippen molar-refractivity contribution >= 4 is 0 Å². The average molecular weight is 227 g/mol. The van der Waals surface area contributed by atoms with Crippen molar-refractivity contribution in [1.82, 2.24) is 4.90 Å². The summed E-state index contributed by atoms with van der Waals surface area (Å²) in [5.41, 5.74) is 0.146. The highest BCUT2D eigenvalue weighted by atomic mass is 16.3. The predicted octanol–water partition coefficient (Wildman–Crippen LogP) is 2.91. The Morgan fingerprint density at radius 3 is 2.44 bits per heavy atom. The summed E-state index contributed by atoms with van der Waals surface area (Å²) in [7, 11) is 0. The van der Waals surface area contributed by atoms with Gasteiger partial charge < -0.3 is 10.0 Å². The van der Waals surface area contributed by atoms with E-state index < -0.39 is 0 Å². The van der Waals surface area contributed by atoms with Crippen LogP contribution >= 0.6 is 0 Å². The quantitative estimate of drug-likeness (QED) is 0.780. The molecule has 1 atom stereocenters. The zero-order valence-electron chi connectivity index (χ0n) is 11.3. The second kappa shape index (κ2) is 6.61. The van der Waals surface area contributed by atoms with Crippen LogP contribution in [0.2, 0.25) is 0 Å². The normalized spacial score (nSPS) is 24.4. The zero-order chi connectivity index (χ0) is 12.0. The predicted molar refractivity (Wildman–Crippen MR) is 69.6 cm³/mol. The van der Waals surface area contributed by atoms with Gasteiger partial charge in [-0.05, 0) is 51.1 Å². The summed E-state index contributed by atoms with van der Waals surface area (Å²) in [4.78, 5) is 2.58. The van der Waals surface area contributed by atoms with Crippen LogP contribution in [-0.2, 0) is 0 Å². The lowest BCUT2D eigenvalue weighted by atomic mass is 9.82. The van der Waals surface area contributed by atoms with Gasteiger partial charge in [-0.3, -0.25) is 0 Å². The van der Waals surface area contributed by atoms with Crippen molar-refractivity contribution in [2.75, 3.05) is 26.2 Å². The van der Waals surface area contributed by atoms with E-state index in [1.807, 2.05) is 0 Å². The summed E-state index contributed by atoms with van der Waals surface area (Å²) in [6, 6.07) is 0. The van der Waals surface area contributed by atoms with Gasteiger partial charge in [0.15, 0.2) is 0 Å². The molecule has 16 heavy (non-hydrogen) atoms. The molecule has 0 bridgehead atoms. The molecule has 96 valence electrons. The first-order chi connectivity index (χ1) is 7.65. The average Bonchev–Trinajstić information content (AvgIpc) is 2.51. The third-order valence-electron chi connectivity index (χ3n) is 4.50. The van der Waals surface area contributed by atoms with Gasteiger partial charge in [0, 0.05) is 18.6 Å². The van der Waals surface area contributed by atoms with Crippen LogP contribution in [0.3, 0.4) is 0 Å². The Hall–Kier alpha value is -0.0800. The Kier molecular flexibility index (Phi) is 5.77. The van der Waals surface area contributed by atoms with Gasteiger partial charge in [-0.1, -0.05) is 20.8 Å². The van der Waals surface area contributed by atoms with Gasteiger partial charge in [0.1, 0.15) is 0 Å². The molecule has 0 spiro atoms. The number of likely N-dealkylation sites (tertiary alicyclic amines) is 1. The molecule has 1 heterocycles. The van der Waals surface area contributed by atoms with E-state index in [-0.39, 0.29) is 5.41 Å². The Bertz CT molecular complexity index is 181. The summed E-state index contributed by atoms with van der Waals surface area (Å²) >= 11 is 0. The highest BCUT2D eigenvalue weighted by molar-refractivity contribution is 4.81. The lowest BCUT2D eigenvalue weighted by molar-refractivity contribution is 0.0667. The molecule has 0 aliphatic carbocycles. The molecular formula is C14H29NO. The van der Waals surface area contributed by atoms with Crippen molar-refractivity contribution in [2.24, 2.45) is 11.3 Å². The van der Waals surface area contributed by atoms with Crippen molar-refractivity contribution < 1.29 is 5.11 Å². The number of aliphatic hydroxyl groups excluding tert-OH is 1. The fourth-order valence-corrected chi connectivity index (χ4v) is 2.70. The molecule has 2 heteroatoms. The van der Waals surface area contributed by atoms with Gasteiger partial charge in [0.2, 0.25) is 0 Å². The minimum Gasteiger partial charge on any atom is -0.396 e. The van der Waals surface area contributed by atoms with Crippen molar-refractivity contribution in [3.05, 3.63) is 0 Å². The Morgan fingerprint density at radius 2 is 1.88 bits per heavy atom. The fraction of sp³-hybridized carbons (Fsp3) is 1.00. The highest BCUT2D eigenvalue weighted by Gasteiger charge is 2.28. The lowest BCUT2D eigenvalue weighted by Crippen LogP contribution is -2.40. The molecule has 1 N–H and O–H groups in total. The summed E-state index contributed by atoms with van der Waals surface area (Å²) in [5.74, 6) is 0.886. The molecule has 1 saturated heterocycles. The van der Waals surface area contributed by atoms with E-state index >= 15 is 0 Å². The number of nitrogens with zero attached hydrogens (tertiary/aromatic N) is 1. The first-order valence-corrected chi connectivity index (χ1v) is 6.99. The maximum Gasteiger partial charge on any atom is 0.0499 e. The third-order valence-corrected chi connectivity index (χ3v) is 4.50. The van der Waals surface area contributed by atoms with Gasteiger partial charge >= 0.3 is 0 Å². The molecule has 0 aromatic rings. The van der Waals surface area contributed by atoms with Gasteiger partial charge in [-0.15, -0.1) is 0 Å². The first-order valence-electron chi connectivity index (χ1n) is 6.99. The minimum absolute atomic E-state index is 0.146. The second-order valence-corrected chi connectivity index (χ2v) is 5.68. The smallest absolute Gasteiger partial charge is 0.0499 e. The summed E-state index contributed by atoms with van der Waals surface area (Å²) in [6.07, 6.45) is 6.21. The molecule has 1 aliphatic heterocycles.